The van der Waals surface area contributed by atoms with Crippen molar-refractivity contribution < 1.29 is 8.42 Å². The molecule has 0 saturated heterocycles. The third-order valence-corrected chi connectivity index (χ3v) is 3.31. The lowest BCUT2D eigenvalue weighted by molar-refractivity contribution is 0.601. The highest BCUT2D eigenvalue weighted by molar-refractivity contribution is 7.90. The van der Waals surface area contributed by atoms with Gasteiger partial charge in [-0.05, 0) is 12.1 Å². The molecular weight excluding hydrogens is 262 g/mol. The number of pyridine rings is 1. The SMILES string of the molecule is CS(=O)(=O)c1ccc(-c2cncc(Cl)n2)nc1. The van der Waals surface area contributed by atoms with Gasteiger partial charge in [-0.1, -0.05) is 11.6 Å². The van der Waals surface area contributed by atoms with Crippen molar-refractivity contribution in [1.82, 2.24) is 15.0 Å². The van der Waals surface area contributed by atoms with Crippen LogP contribution in [0.3, 0.4) is 0 Å². The summed E-state index contributed by atoms with van der Waals surface area (Å²) in [5, 5.41) is 0.261. The second-order valence-corrected chi connectivity index (χ2v) is 5.78. The van der Waals surface area contributed by atoms with Crippen LogP contribution >= 0.6 is 11.6 Å². The molecular formula is C10H8ClN3O2S. The van der Waals surface area contributed by atoms with Crippen LogP contribution in [0.4, 0.5) is 0 Å². The Morgan fingerprint density at radius 1 is 1.12 bits per heavy atom. The van der Waals surface area contributed by atoms with Gasteiger partial charge in [0, 0.05) is 12.5 Å². The Kier molecular flexibility index (Phi) is 3.08. The van der Waals surface area contributed by atoms with E-state index >= 15 is 0 Å². The molecule has 0 aromatic carbocycles. The van der Waals surface area contributed by atoms with E-state index in [4.69, 9.17) is 11.6 Å². The molecule has 0 saturated carbocycles. The Morgan fingerprint density at radius 2 is 1.88 bits per heavy atom. The standard InChI is InChI=1S/C10H8ClN3O2S/c1-17(15,16)7-2-3-8(13-4-7)9-5-12-6-10(11)14-9/h2-6H,1H3. The van der Waals surface area contributed by atoms with Crippen LogP contribution < -0.4 is 0 Å². The van der Waals surface area contributed by atoms with Gasteiger partial charge in [0.1, 0.15) is 10.8 Å². The van der Waals surface area contributed by atoms with E-state index in [-0.39, 0.29) is 10.0 Å². The summed E-state index contributed by atoms with van der Waals surface area (Å²) in [7, 11) is -3.23. The molecule has 7 heteroatoms. The van der Waals surface area contributed by atoms with Crippen molar-refractivity contribution in [2.45, 2.75) is 4.90 Å². The minimum Gasteiger partial charge on any atom is -0.259 e. The third-order valence-electron chi connectivity index (χ3n) is 2.03. The van der Waals surface area contributed by atoms with Crippen LogP contribution in [0, 0.1) is 0 Å². The van der Waals surface area contributed by atoms with Gasteiger partial charge in [0.2, 0.25) is 0 Å². The van der Waals surface area contributed by atoms with E-state index in [2.05, 4.69) is 15.0 Å². The van der Waals surface area contributed by atoms with Gasteiger partial charge in [-0.15, -0.1) is 0 Å². The summed E-state index contributed by atoms with van der Waals surface area (Å²) in [4.78, 5) is 12.1. The maximum Gasteiger partial charge on any atom is 0.177 e. The van der Waals surface area contributed by atoms with E-state index in [1.807, 2.05) is 0 Å². The molecule has 2 aromatic rings. The highest BCUT2D eigenvalue weighted by Gasteiger charge is 2.08. The molecule has 0 atom stereocenters. The van der Waals surface area contributed by atoms with Gasteiger partial charge in [0.25, 0.3) is 0 Å². The Labute approximate surface area is 103 Å². The fraction of sp³-hybridized carbons (Fsp3) is 0.100. The third kappa shape index (κ3) is 2.78. The molecule has 0 bridgehead atoms. The molecule has 0 amide bonds. The lowest BCUT2D eigenvalue weighted by atomic mass is 10.3. The molecule has 0 unspecified atom stereocenters. The number of hydrogen-bond donors (Lipinski definition) is 0. The van der Waals surface area contributed by atoms with Gasteiger partial charge >= 0.3 is 0 Å². The highest BCUT2D eigenvalue weighted by Crippen LogP contribution is 2.17. The summed E-state index contributed by atoms with van der Waals surface area (Å²) < 4.78 is 22.5. The first kappa shape index (κ1) is 11.9. The van der Waals surface area contributed by atoms with Gasteiger partial charge in [0.05, 0.1) is 23.0 Å². The second kappa shape index (κ2) is 4.38. The van der Waals surface area contributed by atoms with E-state index in [1.54, 1.807) is 6.07 Å². The van der Waals surface area contributed by atoms with Crippen molar-refractivity contribution in [2.24, 2.45) is 0 Å². The normalized spacial score (nSPS) is 11.4. The summed E-state index contributed by atoms with van der Waals surface area (Å²) >= 11 is 5.70. The Hall–Kier alpha value is -1.53. The van der Waals surface area contributed by atoms with Crippen molar-refractivity contribution >= 4 is 21.4 Å². The molecule has 0 spiro atoms. The molecule has 88 valence electrons. The topological polar surface area (TPSA) is 72.8 Å². The fourth-order valence-electron chi connectivity index (χ4n) is 1.22. The van der Waals surface area contributed by atoms with E-state index in [9.17, 15) is 8.42 Å². The maximum atomic E-state index is 11.2. The predicted octanol–water partition coefficient (Wildman–Crippen LogP) is 1.60. The van der Waals surface area contributed by atoms with Crippen LogP contribution in [0.25, 0.3) is 11.4 Å². The van der Waals surface area contributed by atoms with Gasteiger partial charge in [-0.3, -0.25) is 9.97 Å². The van der Waals surface area contributed by atoms with Crippen LogP contribution in [-0.2, 0) is 9.84 Å². The van der Waals surface area contributed by atoms with Crippen molar-refractivity contribution in [3.05, 3.63) is 35.9 Å². The van der Waals surface area contributed by atoms with Gasteiger partial charge in [-0.2, -0.15) is 0 Å². The summed E-state index contributed by atoms with van der Waals surface area (Å²) in [5.41, 5.74) is 1.02. The Morgan fingerprint density at radius 3 is 2.41 bits per heavy atom. The lowest BCUT2D eigenvalue weighted by Gasteiger charge is -2.01. The molecule has 0 fully saturated rings. The highest BCUT2D eigenvalue weighted by atomic mass is 35.5. The van der Waals surface area contributed by atoms with Crippen molar-refractivity contribution in [3.63, 3.8) is 0 Å². The van der Waals surface area contributed by atoms with Crippen LogP contribution in [0.1, 0.15) is 0 Å². The number of halogens is 1. The average Bonchev–Trinajstić information content (AvgIpc) is 2.28. The molecule has 5 nitrogen and oxygen atoms in total. The number of nitrogens with zero attached hydrogens (tertiary/aromatic N) is 3. The summed E-state index contributed by atoms with van der Waals surface area (Å²) in [6, 6.07) is 3.04. The van der Waals surface area contributed by atoms with Gasteiger partial charge in [0.15, 0.2) is 9.84 Å². The van der Waals surface area contributed by atoms with Crippen molar-refractivity contribution in [3.8, 4) is 11.4 Å². The molecule has 2 heterocycles. The monoisotopic (exact) mass is 269 g/mol. The van der Waals surface area contributed by atoms with Crippen LogP contribution in [-0.4, -0.2) is 29.6 Å². The van der Waals surface area contributed by atoms with E-state index < -0.39 is 9.84 Å². The maximum absolute atomic E-state index is 11.2. The molecule has 2 aromatic heterocycles. The quantitative estimate of drug-likeness (QED) is 0.828. The average molecular weight is 270 g/mol. The summed E-state index contributed by atoms with van der Waals surface area (Å²) in [6.45, 7) is 0. The zero-order valence-electron chi connectivity index (χ0n) is 8.83. The molecule has 2 rings (SSSR count). The van der Waals surface area contributed by atoms with Gasteiger partial charge < -0.3 is 0 Å². The largest absolute Gasteiger partial charge is 0.259 e. The summed E-state index contributed by atoms with van der Waals surface area (Å²) in [5.74, 6) is 0. The molecule has 17 heavy (non-hydrogen) atoms. The first-order valence-electron chi connectivity index (χ1n) is 4.61. The first-order chi connectivity index (χ1) is 7.97. The first-order valence-corrected chi connectivity index (χ1v) is 6.88. The van der Waals surface area contributed by atoms with E-state index in [1.165, 1.54) is 24.7 Å². The zero-order valence-corrected chi connectivity index (χ0v) is 10.4. The second-order valence-electron chi connectivity index (χ2n) is 3.38. The summed E-state index contributed by atoms with van der Waals surface area (Å²) in [6.07, 6.45) is 5.33. The molecule has 0 aliphatic rings. The van der Waals surface area contributed by atoms with Crippen LogP contribution in [0.2, 0.25) is 5.15 Å². The molecule has 0 N–H and O–H groups in total. The smallest absolute Gasteiger partial charge is 0.177 e. The molecule has 0 aliphatic heterocycles. The number of hydrogen-bond acceptors (Lipinski definition) is 5. The number of sulfone groups is 1. The van der Waals surface area contributed by atoms with Crippen molar-refractivity contribution in [2.75, 3.05) is 6.26 Å². The molecule has 0 aliphatic carbocycles. The Bertz CT molecular complexity index is 641. The number of aromatic nitrogens is 3. The lowest BCUT2D eigenvalue weighted by Crippen LogP contribution is -1.98. The zero-order chi connectivity index (χ0) is 12.5. The number of rotatable bonds is 2. The predicted molar refractivity (Wildman–Crippen MR) is 63.4 cm³/mol. The van der Waals surface area contributed by atoms with E-state index in [0.29, 0.717) is 11.4 Å². The Balaban J connectivity index is 2.43. The minimum atomic E-state index is -3.23. The van der Waals surface area contributed by atoms with Crippen molar-refractivity contribution in [1.29, 1.82) is 0 Å². The molecule has 0 radical (unpaired) electrons. The minimum absolute atomic E-state index is 0.163. The van der Waals surface area contributed by atoms with Gasteiger partial charge in [-0.25, -0.2) is 13.4 Å². The van der Waals surface area contributed by atoms with Crippen LogP contribution in [0.15, 0.2) is 35.6 Å². The van der Waals surface area contributed by atoms with Crippen LogP contribution in [0.5, 0.6) is 0 Å². The fourth-order valence-corrected chi connectivity index (χ4v) is 1.92. The van der Waals surface area contributed by atoms with E-state index in [0.717, 1.165) is 6.26 Å².